The lowest BCUT2D eigenvalue weighted by atomic mass is 9.79. The zero-order chi connectivity index (χ0) is 25.1. The van der Waals surface area contributed by atoms with Gasteiger partial charge in [0.15, 0.2) is 0 Å². The van der Waals surface area contributed by atoms with Crippen LogP contribution in [0.3, 0.4) is 0 Å². The number of nitrogens with zero attached hydrogens (tertiary/aromatic N) is 4. The van der Waals surface area contributed by atoms with Crippen LogP contribution < -0.4 is 0 Å². The molecule has 2 unspecified atom stereocenters. The van der Waals surface area contributed by atoms with Gasteiger partial charge in [-0.2, -0.15) is 4.99 Å². The molecule has 1 spiro atoms. The van der Waals surface area contributed by atoms with Gasteiger partial charge in [0.1, 0.15) is 17.2 Å². The van der Waals surface area contributed by atoms with E-state index in [-0.39, 0.29) is 30.4 Å². The number of piperidine rings is 1. The van der Waals surface area contributed by atoms with Gasteiger partial charge in [-0.15, -0.1) is 5.92 Å². The Bertz CT molecular complexity index is 1120. The predicted octanol–water partition coefficient (Wildman–Crippen LogP) is 5.35. The molecule has 4 aliphatic rings. The zero-order valence-electron chi connectivity index (χ0n) is 21.5. The van der Waals surface area contributed by atoms with Gasteiger partial charge in [-0.1, -0.05) is 48.4 Å². The van der Waals surface area contributed by atoms with Gasteiger partial charge in [-0.25, -0.2) is 9.18 Å². The number of carbonyl (C=O) groups is 1. The summed E-state index contributed by atoms with van der Waals surface area (Å²) in [5.74, 6) is 6.97. The molecule has 1 aromatic carbocycles. The Morgan fingerprint density at radius 1 is 1.22 bits per heavy atom. The van der Waals surface area contributed by atoms with Gasteiger partial charge >= 0.3 is 6.03 Å². The molecule has 0 aromatic heterocycles. The van der Waals surface area contributed by atoms with Gasteiger partial charge in [-0.05, 0) is 64.0 Å². The summed E-state index contributed by atoms with van der Waals surface area (Å²) in [5.41, 5.74) is 0.841. The molecule has 3 aliphatic heterocycles. The van der Waals surface area contributed by atoms with Crippen molar-refractivity contribution in [2.45, 2.75) is 82.5 Å². The number of hydrogen-bond acceptors (Lipinski definition) is 3. The predicted molar refractivity (Wildman–Crippen MR) is 142 cm³/mol. The van der Waals surface area contributed by atoms with Crippen molar-refractivity contribution < 1.29 is 9.18 Å². The zero-order valence-corrected chi connectivity index (χ0v) is 21.5. The lowest BCUT2D eigenvalue weighted by Crippen LogP contribution is -2.65. The van der Waals surface area contributed by atoms with Crippen LogP contribution in [0.5, 0.6) is 0 Å². The van der Waals surface area contributed by atoms with E-state index in [2.05, 4.69) is 58.9 Å². The molecular formula is C30H37FN4O. The van der Waals surface area contributed by atoms with Crippen molar-refractivity contribution in [2.24, 2.45) is 4.99 Å². The highest BCUT2D eigenvalue weighted by Gasteiger charge is 2.57. The topological polar surface area (TPSA) is 39.1 Å². The van der Waals surface area contributed by atoms with Crippen molar-refractivity contribution in [2.75, 3.05) is 19.6 Å². The van der Waals surface area contributed by atoms with Crippen LogP contribution in [0.2, 0.25) is 0 Å². The van der Waals surface area contributed by atoms with Gasteiger partial charge in [0.25, 0.3) is 0 Å². The number of carbonyl (C=O) groups excluding carboxylic acids is 1. The summed E-state index contributed by atoms with van der Waals surface area (Å²) in [6, 6.07) is 10.7. The van der Waals surface area contributed by atoms with Gasteiger partial charge in [0.2, 0.25) is 0 Å². The molecular weight excluding hydrogens is 451 g/mol. The van der Waals surface area contributed by atoms with Crippen molar-refractivity contribution in [3.8, 4) is 11.8 Å². The third kappa shape index (κ3) is 4.74. The number of benzene rings is 1. The number of halogens is 1. The second kappa shape index (κ2) is 10.6. The van der Waals surface area contributed by atoms with Gasteiger partial charge in [0, 0.05) is 31.6 Å². The van der Waals surface area contributed by atoms with Crippen LogP contribution in [0.1, 0.15) is 57.9 Å². The van der Waals surface area contributed by atoms with Crippen LogP contribution >= 0.6 is 0 Å². The highest BCUT2D eigenvalue weighted by molar-refractivity contribution is 6.07. The normalized spacial score (nSPS) is 30.4. The molecule has 1 aromatic rings. The Balaban J connectivity index is 1.43. The highest BCUT2D eigenvalue weighted by Crippen LogP contribution is 2.43. The number of aryl methyl sites for hydroxylation is 1. The fourth-order valence-corrected chi connectivity index (χ4v) is 6.63. The van der Waals surface area contributed by atoms with E-state index >= 15 is 0 Å². The number of hydrogen-bond donors (Lipinski definition) is 0. The average molecular weight is 489 g/mol. The third-order valence-corrected chi connectivity index (χ3v) is 8.42. The lowest BCUT2D eigenvalue weighted by Gasteiger charge is -2.51. The molecule has 5 nitrogen and oxygen atoms in total. The Labute approximate surface area is 214 Å². The molecule has 4 atom stereocenters. The fourth-order valence-electron chi connectivity index (χ4n) is 6.63. The summed E-state index contributed by atoms with van der Waals surface area (Å²) in [4.78, 5) is 25.1. The Hall–Kier alpha value is -2.91. The molecule has 0 saturated carbocycles. The van der Waals surface area contributed by atoms with E-state index in [1.165, 1.54) is 11.6 Å². The maximum Gasteiger partial charge on any atom is 0.346 e. The monoisotopic (exact) mass is 488 g/mol. The van der Waals surface area contributed by atoms with E-state index in [0.717, 1.165) is 64.0 Å². The third-order valence-electron chi connectivity index (χ3n) is 8.42. The summed E-state index contributed by atoms with van der Waals surface area (Å²) >= 11 is 0. The van der Waals surface area contributed by atoms with E-state index in [1.807, 2.05) is 17.9 Å². The van der Waals surface area contributed by atoms with Crippen LogP contribution in [0, 0.1) is 11.8 Å². The molecule has 0 N–H and O–H groups in total. The summed E-state index contributed by atoms with van der Waals surface area (Å²) in [6.45, 7) is 6.60. The van der Waals surface area contributed by atoms with Crippen molar-refractivity contribution in [1.29, 1.82) is 0 Å². The molecule has 190 valence electrons. The van der Waals surface area contributed by atoms with Gasteiger partial charge < -0.3 is 9.80 Å². The molecule has 2 saturated heterocycles. The maximum absolute atomic E-state index is 14.4. The minimum atomic E-state index is -0.505. The summed E-state index contributed by atoms with van der Waals surface area (Å²) in [5, 5.41) is 0. The van der Waals surface area contributed by atoms with Gasteiger partial charge in [-0.3, -0.25) is 4.90 Å². The summed E-state index contributed by atoms with van der Waals surface area (Å²) in [6.07, 6.45) is 11.3. The highest BCUT2D eigenvalue weighted by atomic mass is 19.1. The van der Waals surface area contributed by atoms with Crippen molar-refractivity contribution in [3.05, 3.63) is 60.0 Å². The molecule has 36 heavy (non-hydrogen) atoms. The second-order valence-electron chi connectivity index (χ2n) is 10.6. The molecule has 5 rings (SSSR count). The standard InChI is InChI=1S/C30H37FN4O/c1-3-4-18-33-20-17-30(22-23(33)2)28(32-29(36)35(30)27-13-8-12-25(31)21-27)34-19-9-14-26(34)16-15-24-10-6-5-7-11-24/h5-8,10-13,23,26-27H,9,14-22H2,1-2H3/t23-,26?,27?,30+/m0/s1. The summed E-state index contributed by atoms with van der Waals surface area (Å²) < 4.78 is 14.4. The largest absolute Gasteiger partial charge is 0.355 e. The molecule has 1 aliphatic carbocycles. The number of likely N-dealkylation sites (tertiary alicyclic amines) is 2. The quantitative estimate of drug-likeness (QED) is 0.525. The Morgan fingerprint density at radius 2 is 2.06 bits per heavy atom. The number of urea groups is 1. The molecule has 0 bridgehead atoms. The second-order valence-corrected chi connectivity index (χ2v) is 10.6. The van der Waals surface area contributed by atoms with Crippen LogP contribution in [-0.4, -0.2) is 69.9 Å². The van der Waals surface area contributed by atoms with Gasteiger partial charge in [0.05, 0.1) is 12.6 Å². The Morgan fingerprint density at radius 3 is 2.81 bits per heavy atom. The number of amidine groups is 1. The average Bonchev–Trinajstić information content (AvgIpc) is 3.44. The van der Waals surface area contributed by atoms with Crippen molar-refractivity contribution >= 4 is 11.9 Å². The Kier molecular flexibility index (Phi) is 7.29. The molecule has 0 radical (unpaired) electrons. The van der Waals surface area contributed by atoms with E-state index in [1.54, 1.807) is 6.08 Å². The molecule has 2 amide bonds. The molecule has 6 heteroatoms. The first-order chi connectivity index (χ1) is 17.5. The lowest BCUT2D eigenvalue weighted by molar-refractivity contribution is 0.0540. The first-order valence-corrected chi connectivity index (χ1v) is 13.4. The van der Waals surface area contributed by atoms with Crippen molar-refractivity contribution in [3.63, 3.8) is 0 Å². The first-order valence-electron chi connectivity index (χ1n) is 13.4. The van der Waals surface area contributed by atoms with E-state index in [4.69, 9.17) is 4.99 Å². The minimum absolute atomic E-state index is 0.176. The van der Waals surface area contributed by atoms with Crippen LogP contribution in [0.25, 0.3) is 0 Å². The fraction of sp³-hybridized carbons (Fsp3) is 0.533. The van der Waals surface area contributed by atoms with Crippen LogP contribution in [-0.2, 0) is 6.42 Å². The van der Waals surface area contributed by atoms with E-state index in [0.29, 0.717) is 6.04 Å². The number of amides is 2. The van der Waals surface area contributed by atoms with E-state index in [9.17, 15) is 9.18 Å². The summed E-state index contributed by atoms with van der Waals surface area (Å²) in [7, 11) is 0. The minimum Gasteiger partial charge on any atom is -0.355 e. The van der Waals surface area contributed by atoms with Crippen LogP contribution in [0.15, 0.2) is 59.4 Å². The van der Waals surface area contributed by atoms with Crippen molar-refractivity contribution in [1.82, 2.24) is 14.7 Å². The smallest absolute Gasteiger partial charge is 0.346 e. The number of rotatable bonds is 5. The molecule has 2 fully saturated rings. The maximum atomic E-state index is 14.4. The first kappa shape index (κ1) is 24.8. The number of aliphatic imine (C=N–C) groups is 1. The number of allylic oxidation sites excluding steroid dienone is 2. The molecule has 3 heterocycles. The SMILES string of the molecule is CC#CCN1CC[C@@]2(C[C@@H]1C)C(N1CCCC1CCc1ccccc1)=NC(=O)N2C1C=CC=C(F)C1. The van der Waals surface area contributed by atoms with Crippen LogP contribution in [0.4, 0.5) is 9.18 Å². The van der Waals surface area contributed by atoms with E-state index < -0.39 is 5.54 Å².